The first-order chi connectivity index (χ1) is 12.3. The smallest absolute Gasteiger partial charge is 0.405 e. The lowest BCUT2D eigenvalue weighted by atomic mass is 10.1. The third-order valence-corrected chi connectivity index (χ3v) is 4.11. The van der Waals surface area contributed by atoms with Gasteiger partial charge in [-0.1, -0.05) is 19.9 Å². The first kappa shape index (κ1) is 20.5. The lowest BCUT2D eigenvalue weighted by Gasteiger charge is -2.35. The molecule has 2 rings (SSSR count). The maximum Gasteiger partial charge on any atom is 0.405 e. The molecule has 1 aromatic rings. The van der Waals surface area contributed by atoms with E-state index < -0.39 is 24.7 Å². The SMILES string of the molecule is CC(C)COc1cccc(C(=O)NCC(N2CCNCC2)C(F)(F)F)c1. The minimum atomic E-state index is -4.40. The zero-order chi connectivity index (χ0) is 19.2. The van der Waals surface area contributed by atoms with Gasteiger partial charge in [-0.2, -0.15) is 13.2 Å². The molecule has 1 aromatic carbocycles. The normalized spacial score (nSPS) is 17.2. The van der Waals surface area contributed by atoms with Crippen molar-refractivity contribution in [2.75, 3.05) is 39.3 Å². The average Bonchev–Trinajstić information content (AvgIpc) is 2.60. The van der Waals surface area contributed by atoms with Crippen LogP contribution in [0.25, 0.3) is 0 Å². The van der Waals surface area contributed by atoms with Crippen LogP contribution in [0.4, 0.5) is 13.2 Å². The summed E-state index contributed by atoms with van der Waals surface area (Å²) >= 11 is 0. The van der Waals surface area contributed by atoms with Gasteiger partial charge in [-0.15, -0.1) is 0 Å². The predicted octanol–water partition coefficient (Wildman–Crippen LogP) is 2.29. The molecular formula is C18H26F3N3O2. The first-order valence-electron chi connectivity index (χ1n) is 8.80. The fourth-order valence-electron chi connectivity index (χ4n) is 2.73. The highest BCUT2D eigenvalue weighted by molar-refractivity contribution is 5.94. The van der Waals surface area contributed by atoms with E-state index in [-0.39, 0.29) is 5.56 Å². The van der Waals surface area contributed by atoms with Gasteiger partial charge in [-0.3, -0.25) is 9.69 Å². The molecule has 26 heavy (non-hydrogen) atoms. The summed E-state index contributed by atoms with van der Waals surface area (Å²) < 4.78 is 45.7. The highest BCUT2D eigenvalue weighted by atomic mass is 19.4. The van der Waals surface area contributed by atoms with E-state index in [9.17, 15) is 18.0 Å². The molecule has 8 heteroatoms. The van der Waals surface area contributed by atoms with Gasteiger partial charge in [0.1, 0.15) is 11.8 Å². The van der Waals surface area contributed by atoms with Gasteiger partial charge in [-0.05, 0) is 24.1 Å². The number of nitrogens with zero attached hydrogens (tertiary/aromatic N) is 1. The van der Waals surface area contributed by atoms with Gasteiger partial charge in [0.05, 0.1) is 6.61 Å². The lowest BCUT2D eigenvalue weighted by molar-refractivity contribution is -0.183. The van der Waals surface area contributed by atoms with E-state index in [0.717, 1.165) is 0 Å². The number of piperazine rings is 1. The van der Waals surface area contributed by atoms with Crippen molar-refractivity contribution in [3.63, 3.8) is 0 Å². The number of nitrogens with one attached hydrogen (secondary N) is 2. The van der Waals surface area contributed by atoms with Crippen molar-refractivity contribution in [2.24, 2.45) is 5.92 Å². The predicted molar refractivity (Wildman–Crippen MR) is 93.4 cm³/mol. The van der Waals surface area contributed by atoms with Crippen LogP contribution in [0.3, 0.4) is 0 Å². The van der Waals surface area contributed by atoms with E-state index in [1.807, 2.05) is 13.8 Å². The van der Waals surface area contributed by atoms with E-state index in [4.69, 9.17) is 4.74 Å². The van der Waals surface area contributed by atoms with Crippen LogP contribution in [0.15, 0.2) is 24.3 Å². The molecule has 0 bridgehead atoms. The number of carbonyl (C=O) groups excluding carboxylic acids is 1. The number of rotatable bonds is 7. The third kappa shape index (κ3) is 6.17. The molecule has 0 aromatic heterocycles. The summed E-state index contributed by atoms with van der Waals surface area (Å²) in [5.41, 5.74) is 0.285. The molecular weight excluding hydrogens is 347 g/mol. The van der Waals surface area contributed by atoms with Crippen molar-refractivity contribution >= 4 is 5.91 Å². The van der Waals surface area contributed by atoms with Crippen molar-refractivity contribution in [1.82, 2.24) is 15.5 Å². The van der Waals surface area contributed by atoms with Crippen molar-refractivity contribution in [2.45, 2.75) is 26.1 Å². The van der Waals surface area contributed by atoms with Gasteiger partial charge in [-0.25, -0.2) is 0 Å². The minimum Gasteiger partial charge on any atom is -0.493 e. The summed E-state index contributed by atoms with van der Waals surface area (Å²) in [4.78, 5) is 13.6. The Morgan fingerprint density at radius 2 is 2.00 bits per heavy atom. The van der Waals surface area contributed by atoms with Gasteiger partial charge < -0.3 is 15.4 Å². The van der Waals surface area contributed by atoms with Gasteiger partial charge in [0, 0.05) is 38.3 Å². The Bertz CT molecular complexity index is 587. The molecule has 1 unspecified atom stereocenters. The summed E-state index contributed by atoms with van der Waals surface area (Å²) in [6, 6.07) is 4.80. The molecule has 0 aliphatic carbocycles. The van der Waals surface area contributed by atoms with E-state index in [1.165, 1.54) is 4.90 Å². The Labute approximate surface area is 151 Å². The van der Waals surface area contributed by atoms with Gasteiger partial charge >= 0.3 is 6.18 Å². The Balaban J connectivity index is 1.98. The lowest BCUT2D eigenvalue weighted by Crippen LogP contribution is -2.57. The molecule has 1 amide bonds. The van der Waals surface area contributed by atoms with Crippen LogP contribution in [0, 0.1) is 5.92 Å². The van der Waals surface area contributed by atoms with Crippen LogP contribution in [0.5, 0.6) is 5.75 Å². The maximum atomic E-state index is 13.4. The summed E-state index contributed by atoms with van der Waals surface area (Å²) in [6.45, 7) is 5.67. The molecule has 1 aliphatic rings. The van der Waals surface area contributed by atoms with E-state index in [2.05, 4.69) is 10.6 Å². The number of alkyl halides is 3. The van der Waals surface area contributed by atoms with Crippen LogP contribution in [0.2, 0.25) is 0 Å². The molecule has 1 atom stereocenters. The zero-order valence-corrected chi connectivity index (χ0v) is 15.1. The van der Waals surface area contributed by atoms with Crippen LogP contribution in [0.1, 0.15) is 24.2 Å². The zero-order valence-electron chi connectivity index (χ0n) is 15.1. The van der Waals surface area contributed by atoms with Crippen molar-refractivity contribution < 1.29 is 22.7 Å². The Kier molecular flexibility index (Phi) is 7.28. The monoisotopic (exact) mass is 373 g/mol. The number of hydrogen-bond donors (Lipinski definition) is 2. The molecule has 2 N–H and O–H groups in total. The highest BCUT2D eigenvalue weighted by Crippen LogP contribution is 2.25. The Hall–Kier alpha value is -1.80. The molecule has 5 nitrogen and oxygen atoms in total. The molecule has 1 saturated heterocycles. The van der Waals surface area contributed by atoms with E-state index in [0.29, 0.717) is 44.5 Å². The van der Waals surface area contributed by atoms with Gasteiger partial charge in [0.15, 0.2) is 0 Å². The fourth-order valence-corrected chi connectivity index (χ4v) is 2.73. The van der Waals surface area contributed by atoms with Crippen LogP contribution >= 0.6 is 0 Å². The first-order valence-corrected chi connectivity index (χ1v) is 8.80. The summed E-state index contributed by atoms with van der Waals surface area (Å²) in [6.07, 6.45) is -4.40. The second-order valence-electron chi connectivity index (χ2n) is 6.79. The second-order valence-corrected chi connectivity index (χ2v) is 6.79. The second kappa shape index (κ2) is 9.23. The quantitative estimate of drug-likeness (QED) is 0.770. The van der Waals surface area contributed by atoms with Gasteiger partial charge in [0.2, 0.25) is 0 Å². The number of carbonyl (C=O) groups is 1. The molecule has 1 fully saturated rings. The number of ether oxygens (including phenoxy) is 1. The summed E-state index contributed by atoms with van der Waals surface area (Å²) in [5, 5.41) is 5.45. The minimum absolute atomic E-state index is 0.285. The average molecular weight is 373 g/mol. The van der Waals surface area contributed by atoms with E-state index >= 15 is 0 Å². The third-order valence-electron chi connectivity index (χ3n) is 4.11. The standard InChI is InChI=1S/C18H26F3N3O2/c1-13(2)12-26-15-5-3-4-14(10-15)17(25)23-11-16(18(19,20)21)24-8-6-22-7-9-24/h3-5,10,13,16,22H,6-9,11-12H2,1-2H3,(H,23,25). The van der Waals surface area contributed by atoms with Crippen LogP contribution in [-0.2, 0) is 0 Å². The summed E-state index contributed by atoms with van der Waals surface area (Å²) in [7, 11) is 0. The van der Waals surface area contributed by atoms with Gasteiger partial charge in [0.25, 0.3) is 5.91 Å². The molecule has 0 radical (unpaired) electrons. The number of benzene rings is 1. The molecule has 0 saturated carbocycles. The van der Waals surface area contributed by atoms with Crippen molar-refractivity contribution in [3.8, 4) is 5.75 Å². The number of halogens is 3. The molecule has 146 valence electrons. The molecule has 1 aliphatic heterocycles. The Morgan fingerprint density at radius 1 is 1.31 bits per heavy atom. The van der Waals surface area contributed by atoms with E-state index in [1.54, 1.807) is 24.3 Å². The maximum absolute atomic E-state index is 13.4. The van der Waals surface area contributed by atoms with Crippen LogP contribution in [-0.4, -0.2) is 62.4 Å². The Morgan fingerprint density at radius 3 is 2.62 bits per heavy atom. The molecule has 1 heterocycles. The van der Waals surface area contributed by atoms with Crippen LogP contribution < -0.4 is 15.4 Å². The number of amides is 1. The van der Waals surface area contributed by atoms with Crippen molar-refractivity contribution in [1.29, 1.82) is 0 Å². The number of hydrogen-bond acceptors (Lipinski definition) is 4. The molecule has 0 spiro atoms. The fraction of sp³-hybridized carbons (Fsp3) is 0.611. The highest BCUT2D eigenvalue weighted by Gasteiger charge is 2.43. The largest absolute Gasteiger partial charge is 0.493 e. The summed E-state index contributed by atoms with van der Waals surface area (Å²) in [5.74, 6) is 0.323. The van der Waals surface area contributed by atoms with Crippen molar-refractivity contribution in [3.05, 3.63) is 29.8 Å². The topological polar surface area (TPSA) is 53.6 Å².